The van der Waals surface area contributed by atoms with Crippen molar-refractivity contribution < 1.29 is 32.2 Å². The van der Waals surface area contributed by atoms with E-state index in [9.17, 15) is 22.4 Å². The summed E-state index contributed by atoms with van der Waals surface area (Å²) in [5, 5.41) is 8.64. The molecule has 2 aromatic carbocycles. The van der Waals surface area contributed by atoms with Crippen molar-refractivity contribution in [1.29, 1.82) is 0 Å². The van der Waals surface area contributed by atoms with Crippen LogP contribution in [0, 0.1) is 11.7 Å². The van der Waals surface area contributed by atoms with Crippen molar-refractivity contribution >= 4 is 23.3 Å². The summed E-state index contributed by atoms with van der Waals surface area (Å²) in [6, 6.07) is 7.50. The van der Waals surface area contributed by atoms with Gasteiger partial charge in [-0.25, -0.2) is 4.39 Å². The highest BCUT2D eigenvalue weighted by molar-refractivity contribution is 6.31. The fourth-order valence-corrected chi connectivity index (χ4v) is 4.02. The van der Waals surface area contributed by atoms with E-state index in [1.807, 2.05) is 18.2 Å². The first-order valence-corrected chi connectivity index (χ1v) is 9.34. The predicted molar refractivity (Wildman–Crippen MR) is 97.8 cm³/mol. The Morgan fingerprint density at radius 3 is 2.62 bits per heavy atom. The van der Waals surface area contributed by atoms with E-state index < -0.39 is 28.9 Å². The molecule has 2 aromatic rings. The average Bonchev–Trinajstić information content (AvgIpc) is 3.43. The van der Waals surface area contributed by atoms with Gasteiger partial charge in [0.05, 0.1) is 16.6 Å². The van der Waals surface area contributed by atoms with Crippen LogP contribution in [-0.2, 0) is 17.8 Å². The van der Waals surface area contributed by atoms with E-state index in [1.54, 1.807) is 4.90 Å². The molecule has 9 heteroatoms. The molecule has 1 saturated carbocycles. The van der Waals surface area contributed by atoms with Gasteiger partial charge in [-0.05, 0) is 35.4 Å². The van der Waals surface area contributed by atoms with Crippen molar-refractivity contribution in [3.05, 3.63) is 57.9 Å². The SMILES string of the molecule is O=C(O)C1CC1c1ccc2c(c1)CCN(c1cc(OC(F)(F)F)cc(Cl)c1F)C2. The van der Waals surface area contributed by atoms with E-state index in [1.165, 1.54) is 0 Å². The van der Waals surface area contributed by atoms with Crippen molar-refractivity contribution in [1.82, 2.24) is 0 Å². The Morgan fingerprint density at radius 1 is 1.21 bits per heavy atom. The number of carboxylic acids is 1. The first kappa shape index (κ1) is 19.8. The van der Waals surface area contributed by atoms with Gasteiger partial charge in [0, 0.05) is 25.2 Å². The number of benzene rings is 2. The largest absolute Gasteiger partial charge is 0.573 e. The molecule has 0 aromatic heterocycles. The van der Waals surface area contributed by atoms with Crippen molar-refractivity contribution in [2.24, 2.45) is 5.92 Å². The number of hydrogen-bond acceptors (Lipinski definition) is 3. The van der Waals surface area contributed by atoms with E-state index in [0.717, 1.165) is 28.8 Å². The van der Waals surface area contributed by atoms with Gasteiger partial charge in [0.1, 0.15) is 5.75 Å². The highest BCUT2D eigenvalue weighted by Crippen LogP contribution is 2.48. The number of carboxylic acid groups (broad SMARTS) is 1. The van der Waals surface area contributed by atoms with Crippen LogP contribution in [0.25, 0.3) is 0 Å². The van der Waals surface area contributed by atoms with Crippen LogP contribution in [-0.4, -0.2) is 24.0 Å². The molecule has 2 atom stereocenters. The topological polar surface area (TPSA) is 49.8 Å². The van der Waals surface area contributed by atoms with E-state index in [-0.39, 0.29) is 17.5 Å². The lowest BCUT2D eigenvalue weighted by molar-refractivity contribution is -0.274. The third-order valence-electron chi connectivity index (χ3n) is 5.34. The van der Waals surface area contributed by atoms with E-state index in [4.69, 9.17) is 16.7 Å². The molecule has 29 heavy (non-hydrogen) atoms. The van der Waals surface area contributed by atoms with Gasteiger partial charge in [0.25, 0.3) is 0 Å². The van der Waals surface area contributed by atoms with Crippen molar-refractivity contribution in [3.8, 4) is 5.75 Å². The monoisotopic (exact) mass is 429 g/mol. The zero-order chi connectivity index (χ0) is 20.9. The lowest BCUT2D eigenvalue weighted by Crippen LogP contribution is -2.31. The quantitative estimate of drug-likeness (QED) is 0.685. The zero-order valence-electron chi connectivity index (χ0n) is 15.0. The molecule has 4 rings (SSSR count). The average molecular weight is 430 g/mol. The summed E-state index contributed by atoms with van der Waals surface area (Å²) in [6.45, 7) is 0.678. The normalized spacial score (nSPS) is 20.9. The van der Waals surface area contributed by atoms with Gasteiger partial charge in [-0.1, -0.05) is 29.8 Å². The molecule has 1 aliphatic carbocycles. The van der Waals surface area contributed by atoms with Crippen molar-refractivity contribution in [2.45, 2.75) is 31.7 Å². The second-order valence-electron chi connectivity index (χ2n) is 7.27. The summed E-state index contributed by atoms with van der Waals surface area (Å²) in [7, 11) is 0. The minimum Gasteiger partial charge on any atom is -0.481 e. The molecule has 1 N–H and O–H groups in total. The van der Waals surface area contributed by atoms with E-state index in [2.05, 4.69) is 4.74 Å². The molecule has 0 radical (unpaired) electrons. The maximum atomic E-state index is 14.5. The lowest BCUT2D eigenvalue weighted by Gasteiger charge is -2.31. The molecule has 4 nitrogen and oxygen atoms in total. The van der Waals surface area contributed by atoms with Gasteiger partial charge in [-0.2, -0.15) is 0 Å². The number of carbonyl (C=O) groups is 1. The van der Waals surface area contributed by atoms with Crippen LogP contribution in [0.1, 0.15) is 29.0 Å². The number of halogens is 5. The van der Waals surface area contributed by atoms with Gasteiger partial charge >= 0.3 is 12.3 Å². The lowest BCUT2D eigenvalue weighted by atomic mass is 9.95. The van der Waals surface area contributed by atoms with Gasteiger partial charge in [0.15, 0.2) is 5.82 Å². The fourth-order valence-electron chi connectivity index (χ4n) is 3.82. The molecule has 0 spiro atoms. The number of ether oxygens (including phenoxy) is 1. The zero-order valence-corrected chi connectivity index (χ0v) is 15.7. The summed E-state index contributed by atoms with van der Waals surface area (Å²) in [5.74, 6) is -2.51. The van der Waals surface area contributed by atoms with Gasteiger partial charge in [-0.15, -0.1) is 13.2 Å². The molecule has 2 aliphatic rings. The number of alkyl halides is 3. The minimum atomic E-state index is -4.90. The summed E-state index contributed by atoms with van der Waals surface area (Å²) in [6.07, 6.45) is -3.73. The van der Waals surface area contributed by atoms with Crippen LogP contribution in [0.15, 0.2) is 30.3 Å². The second kappa shape index (κ2) is 7.09. The van der Waals surface area contributed by atoms with Gasteiger partial charge in [0.2, 0.25) is 0 Å². The molecule has 1 heterocycles. The van der Waals surface area contributed by atoms with Crippen LogP contribution >= 0.6 is 11.6 Å². The maximum Gasteiger partial charge on any atom is 0.573 e. The summed E-state index contributed by atoms with van der Waals surface area (Å²) >= 11 is 5.77. The highest BCUT2D eigenvalue weighted by atomic mass is 35.5. The van der Waals surface area contributed by atoms with E-state index in [0.29, 0.717) is 25.9 Å². The molecule has 2 unspecified atom stereocenters. The molecule has 0 saturated heterocycles. The molecular weight excluding hydrogens is 414 g/mol. The second-order valence-corrected chi connectivity index (χ2v) is 7.68. The molecule has 0 bridgehead atoms. The molecular formula is C20H16ClF4NO3. The third-order valence-corrected chi connectivity index (χ3v) is 5.61. The smallest absolute Gasteiger partial charge is 0.481 e. The van der Waals surface area contributed by atoms with Gasteiger partial charge < -0.3 is 14.7 Å². The molecule has 154 valence electrons. The number of rotatable bonds is 4. The standard InChI is InChI=1S/C20H16ClF4NO3/c21-16-6-13(29-20(23,24)25)7-17(18(16)22)26-4-3-10-5-11(1-2-12(10)9-26)14-8-15(14)19(27)28/h1-2,5-7,14-15H,3-4,8-9H2,(H,27,28). The summed E-state index contributed by atoms with van der Waals surface area (Å²) < 4.78 is 56.0. The number of fused-ring (bicyclic) bond motifs is 1. The molecule has 1 aliphatic heterocycles. The molecule has 0 amide bonds. The van der Waals surface area contributed by atoms with Crippen LogP contribution in [0.2, 0.25) is 5.02 Å². The third kappa shape index (κ3) is 4.12. The van der Waals surface area contributed by atoms with Crippen molar-refractivity contribution in [2.75, 3.05) is 11.4 Å². The summed E-state index contributed by atoms with van der Waals surface area (Å²) in [4.78, 5) is 12.7. The predicted octanol–water partition coefficient (Wildman–Crippen LogP) is 5.13. The van der Waals surface area contributed by atoms with Gasteiger partial charge in [-0.3, -0.25) is 4.79 Å². The number of hydrogen-bond donors (Lipinski definition) is 1. The number of anilines is 1. The van der Waals surface area contributed by atoms with Crippen LogP contribution in [0.5, 0.6) is 5.75 Å². The Morgan fingerprint density at radius 2 is 1.97 bits per heavy atom. The Hall–Kier alpha value is -2.48. The Labute approximate surface area is 168 Å². The minimum absolute atomic E-state index is 0.0169. The van der Waals surface area contributed by atoms with Crippen LogP contribution in [0.4, 0.5) is 23.2 Å². The first-order valence-electron chi connectivity index (χ1n) is 8.96. The Kier molecular flexibility index (Phi) is 4.85. The summed E-state index contributed by atoms with van der Waals surface area (Å²) in [5.41, 5.74) is 2.85. The highest BCUT2D eigenvalue weighted by Gasteiger charge is 2.44. The Bertz CT molecular complexity index is 979. The Balaban J connectivity index is 1.56. The van der Waals surface area contributed by atoms with Crippen LogP contribution in [0.3, 0.4) is 0 Å². The van der Waals surface area contributed by atoms with E-state index >= 15 is 0 Å². The number of aliphatic carboxylic acids is 1. The first-order chi connectivity index (χ1) is 13.6. The fraction of sp³-hybridized carbons (Fsp3) is 0.350. The molecule has 1 fully saturated rings. The van der Waals surface area contributed by atoms with Crippen LogP contribution < -0.4 is 9.64 Å². The maximum absolute atomic E-state index is 14.5. The van der Waals surface area contributed by atoms with Crippen molar-refractivity contribution in [3.63, 3.8) is 0 Å². The number of nitrogens with zero attached hydrogens (tertiary/aromatic N) is 1.